The van der Waals surface area contributed by atoms with Crippen molar-refractivity contribution < 1.29 is 47.3 Å². The van der Waals surface area contributed by atoms with E-state index in [-0.39, 0.29) is 6.61 Å². The summed E-state index contributed by atoms with van der Waals surface area (Å²) < 4.78 is 41.3. The number of pyridine rings is 1. The van der Waals surface area contributed by atoms with Gasteiger partial charge in [0.2, 0.25) is 5.95 Å². The van der Waals surface area contributed by atoms with Crippen LogP contribution in [0.15, 0.2) is 48.7 Å². The lowest BCUT2D eigenvalue weighted by Crippen LogP contribution is -2.59. The molecule has 2 aromatic heterocycles. The van der Waals surface area contributed by atoms with Crippen LogP contribution in [-0.2, 0) is 49.3 Å². The number of rotatable bonds is 9. The zero-order valence-electron chi connectivity index (χ0n) is 23.7. The summed E-state index contributed by atoms with van der Waals surface area (Å²) in [5.41, 5.74) is 2.02. The lowest BCUT2D eigenvalue weighted by atomic mass is 9.89. The van der Waals surface area contributed by atoms with Crippen LogP contribution in [0.1, 0.15) is 49.8 Å². The summed E-state index contributed by atoms with van der Waals surface area (Å²) in [7, 11) is 0. The largest absolute Gasteiger partial charge is 0.463 e. The molecule has 0 amide bonds. The molecular formula is C30H29ClFNO9S. The van der Waals surface area contributed by atoms with E-state index in [0.29, 0.717) is 17.0 Å². The summed E-state index contributed by atoms with van der Waals surface area (Å²) in [6.07, 6.45) is -3.97. The Morgan fingerprint density at radius 3 is 2.19 bits per heavy atom. The number of nitrogens with zero attached hydrogens (tertiary/aromatic N) is 1. The van der Waals surface area contributed by atoms with E-state index in [1.54, 1.807) is 24.3 Å². The zero-order valence-corrected chi connectivity index (χ0v) is 25.3. The summed E-state index contributed by atoms with van der Waals surface area (Å²) in [5, 5.41) is 0.466. The molecule has 5 atom stereocenters. The standard InChI is InChI=1S/C30H29ClFNO9S/c1-15(34)38-14-24-28(39-16(2)35)30(41-18(4)37)29(40-17(3)36)27(42-24)19-5-8-23(31)21(11-19)12-22-7-9-25(43-22)20-6-10-26(32)33-13-20/h5-11,13,24,27-30H,12,14H2,1-4H3/t24?,27?,28-,29+,30?/m1/s1. The third-order valence-electron chi connectivity index (χ3n) is 6.43. The second kappa shape index (κ2) is 14.1. The Hall–Kier alpha value is -3.87. The van der Waals surface area contributed by atoms with Gasteiger partial charge in [0.05, 0.1) is 0 Å². The Balaban J connectivity index is 1.70. The molecule has 1 aliphatic heterocycles. The van der Waals surface area contributed by atoms with Gasteiger partial charge >= 0.3 is 23.9 Å². The minimum absolute atomic E-state index is 0.328. The van der Waals surface area contributed by atoms with Crippen LogP contribution in [0.5, 0.6) is 0 Å². The first kappa shape index (κ1) is 32.1. The quantitative estimate of drug-likeness (QED) is 0.181. The van der Waals surface area contributed by atoms with E-state index < -0.39 is 60.3 Å². The Morgan fingerprint density at radius 1 is 0.884 bits per heavy atom. The van der Waals surface area contributed by atoms with Gasteiger partial charge in [-0.3, -0.25) is 19.2 Å². The molecule has 1 aromatic carbocycles. The number of benzene rings is 1. The minimum atomic E-state index is -1.28. The normalized spacial score (nSPS) is 21.5. The van der Waals surface area contributed by atoms with Gasteiger partial charge < -0.3 is 23.7 Å². The predicted octanol–water partition coefficient (Wildman–Crippen LogP) is 4.99. The number of ether oxygens (including phenoxy) is 5. The Kier molecular flexibility index (Phi) is 10.5. The van der Waals surface area contributed by atoms with Crippen molar-refractivity contribution in [2.24, 2.45) is 0 Å². The van der Waals surface area contributed by atoms with Crippen LogP contribution in [0, 0.1) is 5.95 Å². The van der Waals surface area contributed by atoms with E-state index in [1.165, 1.54) is 44.4 Å². The number of carbonyl (C=O) groups excluding carboxylic acids is 4. The number of carbonyl (C=O) groups is 4. The first-order valence-corrected chi connectivity index (χ1v) is 14.4. The van der Waals surface area contributed by atoms with Crippen molar-refractivity contribution in [3.05, 3.63) is 75.6 Å². The van der Waals surface area contributed by atoms with Crippen LogP contribution in [0.2, 0.25) is 5.02 Å². The van der Waals surface area contributed by atoms with Crippen LogP contribution < -0.4 is 0 Å². The van der Waals surface area contributed by atoms with E-state index >= 15 is 0 Å². The monoisotopic (exact) mass is 633 g/mol. The van der Waals surface area contributed by atoms with Gasteiger partial charge in [0.1, 0.15) is 18.8 Å². The van der Waals surface area contributed by atoms with Crippen LogP contribution in [0.3, 0.4) is 0 Å². The Bertz CT molecular complexity index is 1490. The highest BCUT2D eigenvalue weighted by atomic mass is 35.5. The third kappa shape index (κ3) is 8.37. The van der Waals surface area contributed by atoms with Gasteiger partial charge in [0.25, 0.3) is 0 Å². The van der Waals surface area contributed by atoms with Gasteiger partial charge in [-0.2, -0.15) is 4.39 Å². The number of hydrogen-bond donors (Lipinski definition) is 0. The fourth-order valence-corrected chi connectivity index (χ4v) is 5.95. The van der Waals surface area contributed by atoms with Crippen molar-refractivity contribution >= 4 is 46.8 Å². The van der Waals surface area contributed by atoms with E-state index in [9.17, 15) is 23.6 Å². The number of hydrogen-bond acceptors (Lipinski definition) is 11. The molecule has 3 heterocycles. The van der Waals surface area contributed by atoms with Crippen molar-refractivity contribution in [1.82, 2.24) is 4.98 Å². The molecule has 43 heavy (non-hydrogen) atoms. The Labute approximate surface area is 256 Å². The average molecular weight is 634 g/mol. The van der Waals surface area contributed by atoms with E-state index in [1.807, 2.05) is 12.1 Å². The van der Waals surface area contributed by atoms with Crippen LogP contribution in [-0.4, -0.2) is 59.9 Å². The summed E-state index contributed by atoms with van der Waals surface area (Å²) in [6, 6.07) is 11.9. The van der Waals surface area contributed by atoms with Crippen LogP contribution >= 0.6 is 22.9 Å². The molecule has 0 aliphatic carbocycles. The summed E-state index contributed by atoms with van der Waals surface area (Å²) in [6.45, 7) is 4.39. The van der Waals surface area contributed by atoms with Crippen LogP contribution in [0.25, 0.3) is 10.4 Å². The topological polar surface area (TPSA) is 127 Å². The molecule has 10 nitrogen and oxygen atoms in total. The molecule has 3 aromatic rings. The molecule has 0 spiro atoms. The third-order valence-corrected chi connectivity index (χ3v) is 7.93. The number of aromatic nitrogens is 1. The fourth-order valence-electron chi connectivity index (χ4n) is 4.74. The first-order chi connectivity index (χ1) is 20.4. The number of esters is 4. The summed E-state index contributed by atoms with van der Waals surface area (Å²) in [5.74, 6) is -3.28. The van der Waals surface area contributed by atoms with E-state index in [0.717, 1.165) is 27.8 Å². The van der Waals surface area contributed by atoms with Gasteiger partial charge in [-0.15, -0.1) is 11.3 Å². The molecule has 0 radical (unpaired) electrons. The predicted molar refractivity (Wildman–Crippen MR) is 153 cm³/mol. The van der Waals surface area contributed by atoms with Crippen molar-refractivity contribution in [3.8, 4) is 10.4 Å². The second-order valence-electron chi connectivity index (χ2n) is 9.78. The smallest absolute Gasteiger partial charge is 0.303 e. The van der Waals surface area contributed by atoms with Gasteiger partial charge in [-0.25, -0.2) is 4.98 Å². The molecular weight excluding hydrogens is 605 g/mol. The highest BCUT2D eigenvalue weighted by molar-refractivity contribution is 7.15. The molecule has 1 aliphatic rings. The van der Waals surface area contributed by atoms with Gasteiger partial charge in [-0.05, 0) is 41.5 Å². The highest BCUT2D eigenvalue weighted by Gasteiger charge is 2.52. The molecule has 228 valence electrons. The molecule has 1 fully saturated rings. The first-order valence-electron chi connectivity index (χ1n) is 13.2. The maximum Gasteiger partial charge on any atom is 0.303 e. The van der Waals surface area contributed by atoms with Crippen molar-refractivity contribution in [1.29, 1.82) is 0 Å². The van der Waals surface area contributed by atoms with Crippen molar-refractivity contribution in [2.75, 3.05) is 6.61 Å². The summed E-state index contributed by atoms with van der Waals surface area (Å²) in [4.78, 5) is 53.5. The second-order valence-corrected chi connectivity index (χ2v) is 11.4. The lowest BCUT2D eigenvalue weighted by molar-refractivity contribution is -0.254. The molecule has 0 N–H and O–H groups in total. The fraction of sp³-hybridized carbons (Fsp3) is 0.367. The number of halogens is 2. The minimum Gasteiger partial charge on any atom is -0.463 e. The molecule has 13 heteroatoms. The van der Waals surface area contributed by atoms with Gasteiger partial charge in [0, 0.05) is 60.7 Å². The molecule has 4 rings (SSSR count). The molecule has 1 saturated heterocycles. The number of thiophene rings is 1. The van der Waals surface area contributed by atoms with Gasteiger partial charge in [-0.1, -0.05) is 23.7 Å². The SMILES string of the molecule is CC(=O)OCC1OC(c2ccc(Cl)c(Cc3ccc(-c4ccc(F)nc4)s3)c2)[C@H](OC(C)=O)C(OC(C)=O)[C@@H]1OC(C)=O. The zero-order chi connectivity index (χ0) is 31.3. The van der Waals surface area contributed by atoms with Crippen molar-refractivity contribution in [2.45, 2.75) is 64.6 Å². The molecule has 0 saturated carbocycles. The van der Waals surface area contributed by atoms with E-state index in [4.69, 9.17) is 35.3 Å². The summed E-state index contributed by atoms with van der Waals surface area (Å²) >= 11 is 8.07. The van der Waals surface area contributed by atoms with Crippen molar-refractivity contribution in [3.63, 3.8) is 0 Å². The maximum absolute atomic E-state index is 13.3. The molecule has 3 unspecified atom stereocenters. The highest BCUT2D eigenvalue weighted by Crippen LogP contribution is 2.39. The Morgan fingerprint density at radius 2 is 1.56 bits per heavy atom. The maximum atomic E-state index is 13.3. The molecule has 0 bridgehead atoms. The average Bonchev–Trinajstić information content (AvgIpc) is 3.39. The lowest BCUT2D eigenvalue weighted by Gasteiger charge is -2.44. The van der Waals surface area contributed by atoms with Gasteiger partial charge in [0.15, 0.2) is 18.3 Å². The van der Waals surface area contributed by atoms with E-state index in [2.05, 4.69) is 4.98 Å². The van der Waals surface area contributed by atoms with Crippen LogP contribution in [0.4, 0.5) is 4.39 Å².